The van der Waals surface area contributed by atoms with Crippen LogP contribution in [-0.4, -0.2) is 30.3 Å². The lowest BCUT2D eigenvalue weighted by Crippen LogP contribution is -2.33. The SMILES string of the molecule is CC(C)N(CCOC(/C=C/C=N)c1ccccc1)Cc1ccccc1. The van der Waals surface area contributed by atoms with Crippen LogP contribution in [0, 0.1) is 5.41 Å². The van der Waals surface area contributed by atoms with Crippen molar-refractivity contribution in [3.05, 3.63) is 83.9 Å². The van der Waals surface area contributed by atoms with Crippen LogP contribution >= 0.6 is 0 Å². The molecule has 0 amide bonds. The number of nitrogens with one attached hydrogen (secondary N) is 1. The lowest BCUT2D eigenvalue weighted by molar-refractivity contribution is 0.0547. The minimum atomic E-state index is -0.117. The van der Waals surface area contributed by atoms with E-state index in [1.165, 1.54) is 11.8 Å². The van der Waals surface area contributed by atoms with E-state index in [4.69, 9.17) is 10.1 Å². The first-order chi connectivity index (χ1) is 12.2. The number of hydrogen-bond acceptors (Lipinski definition) is 3. The molecule has 3 nitrogen and oxygen atoms in total. The van der Waals surface area contributed by atoms with Crippen LogP contribution in [0.5, 0.6) is 0 Å². The van der Waals surface area contributed by atoms with Crippen LogP contribution in [0.15, 0.2) is 72.8 Å². The second-order valence-electron chi connectivity index (χ2n) is 6.30. The number of hydrogen-bond donors (Lipinski definition) is 1. The maximum atomic E-state index is 7.21. The molecule has 1 unspecified atom stereocenters. The van der Waals surface area contributed by atoms with E-state index >= 15 is 0 Å². The zero-order chi connectivity index (χ0) is 17.9. The highest BCUT2D eigenvalue weighted by Crippen LogP contribution is 2.19. The van der Waals surface area contributed by atoms with Crippen molar-refractivity contribution in [2.45, 2.75) is 32.5 Å². The topological polar surface area (TPSA) is 36.3 Å². The molecule has 132 valence electrons. The van der Waals surface area contributed by atoms with Crippen molar-refractivity contribution in [1.82, 2.24) is 4.90 Å². The average molecular weight is 336 g/mol. The lowest BCUT2D eigenvalue weighted by Gasteiger charge is -2.27. The highest BCUT2D eigenvalue weighted by molar-refractivity contribution is 5.67. The fraction of sp³-hybridized carbons (Fsp3) is 0.318. The van der Waals surface area contributed by atoms with Gasteiger partial charge in [-0.15, -0.1) is 0 Å². The van der Waals surface area contributed by atoms with Crippen molar-refractivity contribution in [3.8, 4) is 0 Å². The molecule has 2 rings (SSSR count). The summed E-state index contributed by atoms with van der Waals surface area (Å²) < 4.78 is 6.12. The van der Waals surface area contributed by atoms with Crippen LogP contribution in [0.4, 0.5) is 0 Å². The Morgan fingerprint density at radius 3 is 2.24 bits per heavy atom. The van der Waals surface area contributed by atoms with Crippen LogP contribution in [0.2, 0.25) is 0 Å². The summed E-state index contributed by atoms with van der Waals surface area (Å²) in [6, 6.07) is 21.1. The Morgan fingerprint density at radius 1 is 1.00 bits per heavy atom. The zero-order valence-electron chi connectivity index (χ0n) is 15.1. The highest BCUT2D eigenvalue weighted by Gasteiger charge is 2.12. The quantitative estimate of drug-likeness (QED) is 0.629. The molecule has 0 aliphatic carbocycles. The van der Waals surface area contributed by atoms with E-state index < -0.39 is 0 Å². The Bertz CT molecular complexity index is 638. The molecule has 0 aromatic heterocycles. The summed E-state index contributed by atoms with van der Waals surface area (Å²) in [4.78, 5) is 2.41. The van der Waals surface area contributed by atoms with E-state index in [0.717, 1.165) is 18.7 Å². The Balaban J connectivity index is 1.94. The third-order valence-electron chi connectivity index (χ3n) is 4.14. The predicted octanol–water partition coefficient (Wildman–Crippen LogP) is 4.86. The van der Waals surface area contributed by atoms with Crippen LogP contribution in [0.25, 0.3) is 0 Å². The van der Waals surface area contributed by atoms with Gasteiger partial charge in [-0.2, -0.15) is 0 Å². The van der Waals surface area contributed by atoms with Crippen molar-refractivity contribution in [3.63, 3.8) is 0 Å². The van der Waals surface area contributed by atoms with Crippen molar-refractivity contribution in [2.75, 3.05) is 13.2 Å². The summed E-state index contributed by atoms with van der Waals surface area (Å²) in [6.07, 6.45) is 4.82. The van der Waals surface area contributed by atoms with Gasteiger partial charge in [0.1, 0.15) is 6.10 Å². The minimum Gasteiger partial charge on any atom is -0.368 e. The summed E-state index contributed by atoms with van der Waals surface area (Å²) in [5.41, 5.74) is 2.43. The molecule has 3 heteroatoms. The van der Waals surface area contributed by atoms with E-state index in [1.54, 1.807) is 6.08 Å². The first-order valence-electron chi connectivity index (χ1n) is 8.82. The normalized spacial score (nSPS) is 12.8. The molecule has 0 aliphatic rings. The minimum absolute atomic E-state index is 0.117. The van der Waals surface area contributed by atoms with Gasteiger partial charge < -0.3 is 10.1 Å². The van der Waals surface area contributed by atoms with Gasteiger partial charge in [0.25, 0.3) is 0 Å². The molecule has 2 aromatic rings. The first-order valence-corrected chi connectivity index (χ1v) is 8.82. The molecule has 0 fully saturated rings. The van der Waals surface area contributed by atoms with Gasteiger partial charge in [-0.1, -0.05) is 60.7 Å². The standard InChI is InChI=1S/C22H28N2O/c1-19(2)24(18-20-10-5-3-6-11-20)16-17-25-22(14-9-15-23)21-12-7-4-8-13-21/h3-15,19,22-23H,16-18H2,1-2H3/b14-9+,23-15?. The molecular weight excluding hydrogens is 308 g/mol. The fourth-order valence-electron chi connectivity index (χ4n) is 2.70. The molecule has 0 radical (unpaired) electrons. The molecule has 1 N–H and O–H groups in total. The molecule has 0 aliphatic heterocycles. The van der Waals surface area contributed by atoms with E-state index in [9.17, 15) is 0 Å². The monoisotopic (exact) mass is 336 g/mol. The number of rotatable bonds is 10. The molecule has 0 bridgehead atoms. The van der Waals surface area contributed by atoms with Gasteiger partial charge in [0, 0.05) is 25.3 Å². The smallest absolute Gasteiger partial charge is 0.101 e. The highest BCUT2D eigenvalue weighted by atomic mass is 16.5. The second-order valence-corrected chi connectivity index (χ2v) is 6.30. The van der Waals surface area contributed by atoms with Crippen LogP contribution in [-0.2, 0) is 11.3 Å². The Hall–Kier alpha value is -2.23. The molecule has 0 saturated carbocycles. The van der Waals surface area contributed by atoms with E-state index in [2.05, 4.69) is 55.1 Å². The number of allylic oxidation sites excluding steroid dienone is 1. The fourth-order valence-corrected chi connectivity index (χ4v) is 2.70. The Kier molecular flexibility index (Phi) is 8.10. The van der Waals surface area contributed by atoms with Crippen LogP contribution in [0.3, 0.4) is 0 Å². The van der Waals surface area contributed by atoms with Crippen molar-refractivity contribution in [1.29, 1.82) is 5.41 Å². The van der Waals surface area contributed by atoms with Gasteiger partial charge in [0.2, 0.25) is 0 Å². The van der Waals surface area contributed by atoms with Gasteiger partial charge in [-0.25, -0.2) is 0 Å². The number of nitrogens with zero attached hydrogens (tertiary/aromatic N) is 1. The van der Waals surface area contributed by atoms with Gasteiger partial charge in [0.05, 0.1) is 6.61 Å². The molecule has 2 aromatic carbocycles. The zero-order valence-corrected chi connectivity index (χ0v) is 15.1. The van der Waals surface area contributed by atoms with Crippen LogP contribution in [0.1, 0.15) is 31.1 Å². The van der Waals surface area contributed by atoms with E-state index in [-0.39, 0.29) is 6.10 Å². The lowest BCUT2D eigenvalue weighted by atomic mass is 10.1. The van der Waals surface area contributed by atoms with E-state index in [0.29, 0.717) is 12.6 Å². The Labute approximate surface area is 151 Å². The van der Waals surface area contributed by atoms with Gasteiger partial charge in [0.15, 0.2) is 0 Å². The molecule has 0 heterocycles. The number of benzene rings is 2. The molecule has 0 saturated heterocycles. The summed E-state index contributed by atoms with van der Waals surface area (Å²) >= 11 is 0. The maximum absolute atomic E-state index is 7.21. The molecule has 1 atom stereocenters. The van der Waals surface area contributed by atoms with Crippen molar-refractivity contribution >= 4 is 6.21 Å². The summed E-state index contributed by atoms with van der Waals surface area (Å²) in [6.45, 7) is 6.87. The van der Waals surface area contributed by atoms with Gasteiger partial charge in [-0.3, -0.25) is 4.90 Å². The van der Waals surface area contributed by atoms with Crippen LogP contribution < -0.4 is 0 Å². The summed E-state index contributed by atoms with van der Waals surface area (Å²) in [5.74, 6) is 0. The first kappa shape index (κ1) is 19.1. The van der Waals surface area contributed by atoms with E-state index in [1.807, 2.05) is 30.3 Å². The summed E-state index contributed by atoms with van der Waals surface area (Å²) in [5, 5.41) is 7.21. The number of ether oxygens (including phenoxy) is 1. The average Bonchev–Trinajstić information content (AvgIpc) is 2.65. The second kappa shape index (κ2) is 10.6. The Morgan fingerprint density at radius 2 is 1.64 bits per heavy atom. The van der Waals surface area contributed by atoms with Gasteiger partial charge >= 0.3 is 0 Å². The van der Waals surface area contributed by atoms with Gasteiger partial charge in [-0.05, 0) is 37.1 Å². The molecule has 25 heavy (non-hydrogen) atoms. The third-order valence-corrected chi connectivity index (χ3v) is 4.14. The molecular formula is C22H28N2O. The third kappa shape index (κ3) is 6.65. The largest absolute Gasteiger partial charge is 0.368 e. The van der Waals surface area contributed by atoms with Crippen molar-refractivity contribution in [2.24, 2.45) is 0 Å². The summed E-state index contributed by atoms with van der Waals surface area (Å²) in [7, 11) is 0. The molecule has 0 spiro atoms. The maximum Gasteiger partial charge on any atom is 0.101 e. The predicted molar refractivity (Wildman–Crippen MR) is 105 cm³/mol. The van der Waals surface area contributed by atoms with Crippen molar-refractivity contribution < 1.29 is 4.74 Å².